The second-order valence-corrected chi connectivity index (χ2v) is 7.72. The summed E-state index contributed by atoms with van der Waals surface area (Å²) in [6.45, 7) is 10.5. The van der Waals surface area contributed by atoms with Gasteiger partial charge in [0.05, 0.1) is 6.10 Å². The van der Waals surface area contributed by atoms with Crippen LogP contribution in [0.4, 0.5) is 5.69 Å². The van der Waals surface area contributed by atoms with Crippen LogP contribution >= 0.6 is 0 Å². The third kappa shape index (κ3) is 5.46. The van der Waals surface area contributed by atoms with E-state index in [2.05, 4.69) is 19.2 Å². The molecule has 4 heteroatoms. The molecule has 1 atom stereocenters. The van der Waals surface area contributed by atoms with E-state index < -0.39 is 5.60 Å². The Kier molecular flexibility index (Phi) is 6.88. The lowest BCUT2D eigenvalue weighted by molar-refractivity contribution is -0.140. The fourth-order valence-corrected chi connectivity index (χ4v) is 3.62. The number of anilines is 1. The highest BCUT2D eigenvalue weighted by atomic mass is 16.5. The van der Waals surface area contributed by atoms with Gasteiger partial charge < -0.3 is 14.8 Å². The number of ether oxygens (including phenoxy) is 2. The number of amides is 1. The summed E-state index contributed by atoms with van der Waals surface area (Å²) in [5.74, 6) is 1.21. The molecule has 1 N–H and O–H groups in total. The predicted molar refractivity (Wildman–Crippen MR) is 102 cm³/mol. The van der Waals surface area contributed by atoms with E-state index in [1.807, 2.05) is 39.0 Å². The quantitative estimate of drug-likeness (QED) is 0.712. The Morgan fingerprint density at radius 2 is 2.00 bits per heavy atom. The van der Waals surface area contributed by atoms with Crippen LogP contribution in [0.1, 0.15) is 65.4 Å². The molecule has 1 unspecified atom stereocenters. The lowest BCUT2D eigenvalue weighted by atomic mass is 9.93. The predicted octanol–water partition coefficient (Wildman–Crippen LogP) is 5.10. The molecule has 0 aliphatic heterocycles. The van der Waals surface area contributed by atoms with Crippen LogP contribution in [-0.2, 0) is 9.53 Å². The maximum absolute atomic E-state index is 12.8. The Morgan fingerprint density at radius 1 is 1.32 bits per heavy atom. The number of carbonyl (C=O) groups excluding carboxylic acids is 1. The van der Waals surface area contributed by atoms with E-state index in [0.717, 1.165) is 29.8 Å². The standard InChI is InChI=1S/C21H33NO3/c1-6-24-21(5,14-15(2)3)20(23)22-17-11-12-19(16(4)13-17)25-18-9-7-8-10-18/h11-13,15,18H,6-10,14H2,1-5H3,(H,22,23). The van der Waals surface area contributed by atoms with Gasteiger partial charge in [0.1, 0.15) is 11.4 Å². The van der Waals surface area contributed by atoms with Gasteiger partial charge in [-0.3, -0.25) is 4.79 Å². The SMILES string of the molecule is CCOC(C)(CC(C)C)C(=O)Nc1ccc(OC2CCCC2)c(C)c1. The summed E-state index contributed by atoms with van der Waals surface area (Å²) in [7, 11) is 0. The number of benzene rings is 1. The Labute approximate surface area is 152 Å². The van der Waals surface area contributed by atoms with E-state index in [4.69, 9.17) is 9.47 Å². The largest absolute Gasteiger partial charge is 0.490 e. The van der Waals surface area contributed by atoms with Gasteiger partial charge in [-0.05, 0) is 82.6 Å². The summed E-state index contributed by atoms with van der Waals surface area (Å²) in [6, 6.07) is 5.85. The van der Waals surface area contributed by atoms with Gasteiger partial charge in [-0.15, -0.1) is 0 Å². The molecule has 1 aromatic rings. The van der Waals surface area contributed by atoms with E-state index in [1.165, 1.54) is 12.8 Å². The molecule has 1 amide bonds. The number of hydrogen-bond donors (Lipinski definition) is 1. The Hall–Kier alpha value is -1.55. The molecule has 2 rings (SSSR count). The third-order valence-electron chi connectivity index (χ3n) is 4.77. The summed E-state index contributed by atoms with van der Waals surface area (Å²) in [6.07, 6.45) is 5.81. The van der Waals surface area contributed by atoms with Crippen molar-refractivity contribution < 1.29 is 14.3 Å². The average molecular weight is 347 g/mol. The summed E-state index contributed by atoms with van der Waals surface area (Å²) >= 11 is 0. The zero-order valence-corrected chi connectivity index (χ0v) is 16.4. The van der Waals surface area contributed by atoms with Gasteiger partial charge in [0.2, 0.25) is 0 Å². The van der Waals surface area contributed by atoms with Crippen molar-refractivity contribution in [3.05, 3.63) is 23.8 Å². The molecule has 4 nitrogen and oxygen atoms in total. The molecule has 25 heavy (non-hydrogen) atoms. The molecule has 0 bridgehead atoms. The number of rotatable bonds is 8. The highest BCUT2D eigenvalue weighted by molar-refractivity contribution is 5.97. The molecule has 1 saturated carbocycles. The van der Waals surface area contributed by atoms with Crippen molar-refractivity contribution in [2.45, 2.75) is 78.4 Å². The molecule has 0 spiro atoms. The smallest absolute Gasteiger partial charge is 0.256 e. The number of nitrogens with one attached hydrogen (secondary N) is 1. The maximum Gasteiger partial charge on any atom is 0.256 e. The Balaban J connectivity index is 2.05. The first-order valence-corrected chi connectivity index (χ1v) is 9.56. The highest BCUT2D eigenvalue weighted by Crippen LogP contribution is 2.29. The molecule has 0 heterocycles. The van der Waals surface area contributed by atoms with Crippen molar-refractivity contribution >= 4 is 11.6 Å². The van der Waals surface area contributed by atoms with Gasteiger partial charge in [-0.25, -0.2) is 0 Å². The van der Waals surface area contributed by atoms with Crippen LogP contribution in [0.15, 0.2) is 18.2 Å². The molecule has 0 radical (unpaired) electrons. The van der Waals surface area contributed by atoms with Crippen molar-refractivity contribution in [2.24, 2.45) is 5.92 Å². The molecule has 1 fully saturated rings. The molecule has 0 saturated heterocycles. The summed E-state index contributed by atoms with van der Waals surface area (Å²) < 4.78 is 11.9. The van der Waals surface area contributed by atoms with Crippen LogP contribution in [0.3, 0.4) is 0 Å². The molecule has 1 aromatic carbocycles. The van der Waals surface area contributed by atoms with Crippen molar-refractivity contribution in [1.82, 2.24) is 0 Å². The monoisotopic (exact) mass is 347 g/mol. The van der Waals surface area contributed by atoms with Crippen molar-refractivity contribution in [3.8, 4) is 5.75 Å². The van der Waals surface area contributed by atoms with Crippen molar-refractivity contribution in [3.63, 3.8) is 0 Å². The van der Waals surface area contributed by atoms with Gasteiger partial charge >= 0.3 is 0 Å². The Bertz CT molecular complexity index is 579. The molecule has 0 aromatic heterocycles. The van der Waals surface area contributed by atoms with Gasteiger partial charge in [0, 0.05) is 12.3 Å². The topological polar surface area (TPSA) is 47.6 Å². The van der Waals surface area contributed by atoms with Crippen LogP contribution in [0.5, 0.6) is 5.75 Å². The van der Waals surface area contributed by atoms with Crippen molar-refractivity contribution in [1.29, 1.82) is 0 Å². The molecule has 1 aliphatic carbocycles. The van der Waals surface area contributed by atoms with E-state index >= 15 is 0 Å². The second-order valence-electron chi connectivity index (χ2n) is 7.72. The van der Waals surface area contributed by atoms with Gasteiger partial charge in [-0.1, -0.05) is 13.8 Å². The maximum atomic E-state index is 12.8. The lowest BCUT2D eigenvalue weighted by Crippen LogP contribution is -2.44. The zero-order chi connectivity index (χ0) is 18.4. The Morgan fingerprint density at radius 3 is 2.56 bits per heavy atom. The lowest BCUT2D eigenvalue weighted by Gasteiger charge is -2.30. The normalized spacial score (nSPS) is 17.5. The van der Waals surface area contributed by atoms with Crippen LogP contribution in [0.25, 0.3) is 0 Å². The summed E-state index contributed by atoms with van der Waals surface area (Å²) in [5.41, 5.74) is 1.03. The van der Waals surface area contributed by atoms with E-state index in [0.29, 0.717) is 25.0 Å². The second kappa shape index (κ2) is 8.70. The molecule has 1 aliphatic rings. The number of carbonyl (C=O) groups is 1. The minimum atomic E-state index is -0.810. The fourth-order valence-electron chi connectivity index (χ4n) is 3.62. The average Bonchev–Trinajstić information content (AvgIpc) is 3.02. The highest BCUT2D eigenvalue weighted by Gasteiger charge is 2.34. The van der Waals surface area contributed by atoms with Crippen LogP contribution < -0.4 is 10.1 Å². The number of hydrogen-bond acceptors (Lipinski definition) is 3. The van der Waals surface area contributed by atoms with Gasteiger partial charge in [0.15, 0.2) is 0 Å². The number of aryl methyl sites for hydroxylation is 1. The molecular formula is C21H33NO3. The summed E-state index contributed by atoms with van der Waals surface area (Å²) in [5, 5.41) is 3.01. The van der Waals surface area contributed by atoms with Crippen LogP contribution in [0.2, 0.25) is 0 Å². The van der Waals surface area contributed by atoms with Crippen molar-refractivity contribution in [2.75, 3.05) is 11.9 Å². The van der Waals surface area contributed by atoms with Gasteiger partial charge in [-0.2, -0.15) is 0 Å². The van der Waals surface area contributed by atoms with Crippen LogP contribution in [-0.4, -0.2) is 24.2 Å². The summed E-state index contributed by atoms with van der Waals surface area (Å²) in [4.78, 5) is 12.8. The minimum absolute atomic E-state index is 0.0908. The third-order valence-corrected chi connectivity index (χ3v) is 4.77. The first-order chi connectivity index (χ1) is 11.8. The van der Waals surface area contributed by atoms with E-state index in [9.17, 15) is 4.79 Å². The first kappa shape index (κ1) is 19.8. The molecule has 140 valence electrons. The van der Waals surface area contributed by atoms with Crippen LogP contribution in [0, 0.1) is 12.8 Å². The molecular weight excluding hydrogens is 314 g/mol. The van der Waals surface area contributed by atoms with E-state index in [1.54, 1.807) is 0 Å². The first-order valence-electron chi connectivity index (χ1n) is 9.56. The zero-order valence-electron chi connectivity index (χ0n) is 16.4. The van der Waals surface area contributed by atoms with Gasteiger partial charge in [0.25, 0.3) is 5.91 Å². The van der Waals surface area contributed by atoms with E-state index in [-0.39, 0.29) is 5.91 Å². The fraction of sp³-hybridized carbons (Fsp3) is 0.667. The minimum Gasteiger partial charge on any atom is -0.490 e.